The van der Waals surface area contributed by atoms with Crippen molar-refractivity contribution in [1.82, 2.24) is 4.90 Å². The Balaban J connectivity index is 2.01. The van der Waals surface area contributed by atoms with Crippen LogP contribution in [0.2, 0.25) is 0 Å². The van der Waals surface area contributed by atoms with E-state index in [1.54, 1.807) is 0 Å². The molecule has 4 nitrogen and oxygen atoms in total. The smallest absolute Gasteiger partial charge is 0.156 e. The summed E-state index contributed by atoms with van der Waals surface area (Å²) in [5.74, 6) is 0.303. The van der Waals surface area contributed by atoms with Crippen molar-refractivity contribution < 1.29 is 8.76 Å². The fraction of sp³-hybridized carbons (Fsp3) is 0.800. The molecule has 2 fully saturated rings. The Morgan fingerprint density at radius 3 is 2.70 bits per heavy atom. The lowest BCUT2D eigenvalue weighted by atomic mass is 9.88. The SMILES string of the molecule is C=CC(N=C1CCC(S(=O)O)CC1C)N1CCCCC1. The molecule has 0 aromatic rings. The Bertz CT molecular complexity index is 391. The molecule has 1 N–H and O–H groups in total. The zero-order valence-electron chi connectivity index (χ0n) is 12.3. The van der Waals surface area contributed by atoms with Crippen LogP contribution in [-0.4, -0.2) is 43.9 Å². The minimum atomic E-state index is -1.69. The topological polar surface area (TPSA) is 52.9 Å². The molecule has 0 aromatic heterocycles. The number of nitrogens with zero attached hydrogens (tertiary/aromatic N) is 2. The highest BCUT2D eigenvalue weighted by molar-refractivity contribution is 7.79. The highest BCUT2D eigenvalue weighted by atomic mass is 32.2. The van der Waals surface area contributed by atoms with Gasteiger partial charge in [0.2, 0.25) is 0 Å². The quantitative estimate of drug-likeness (QED) is 0.641. The Morgan fingerprint density at radius 1 is 1.45 bits per heavy atom. The first-order valence-electron chi connectivity index (χ1n) is 7.64. The molecule has 1 saturated carbocycles. The highest BCUT2D eigenvalue weighted by Crippen LogP contribution is 2.26. The molecular formula is C15H26N2O2S. The Labute approximate surface area is 124 Å². The van der Waals surface area contributed by atoms with Crippen molar-refractivity contribution in [3.8, 4) is 0 Å². The second-order valence-electron chi connectivity index (χ2n) is 5.94. The third-order valence-electron chi connectivity index (χ3n) is 4.47. The molecule has 0 amide bonds. The maximum Gasteiger partial charge on any atom is 0.156 e. The van der Waals surface area contributed by atoms with Gasteiger partial charge in [-0.25, -0.2) is 4.21 Å². The number of rotatable bonds is 4. The summed E-state index contributed by atoms with van der Waals surface area (Å²) in [6, 6.07) is 0. The minimum Gasteiger partial charge on any atom is -0.306 e. The molecule has 4 atom stereocenters. The molecule has 1 heterocycles. The van der Waals surface area contributed by atoms with Gasteiger partial charge in [-0.15, -0.1) is 0 Å². The second kappa shape index (κ2) is 7.48. The molecule has 5 heteroatoms. The number of hydrogen-bond donors (Lipinski definition) is 1. The summed E-state index contributed by atoms with van der Waals surface area (Å²) < 4.78 is 20.4. The van der Waals surface area contributed by atoms with Crippen LogP contribution >= 0.6 is 0 Å². The lowest BCUT2D eigenvalue weighted by Gasteiger charge is -2.33. The van der Waals surface area contributed by atoms with Crippen LogP contribution < -0.4 is 0 Å². The average Bonchev–Trinajstić information content (AvgIpc) is 2.46. The van der Waals surface area contributed by atoms with Crippen molar-refractivity contribution in [2.75, 3.05) is 13.1 Å². The van der Waals surface area contributed by atoms with E-state index in [4.69, 9.17) is 4.99 Å². The summed E-state index contributed by atoms with van der Waals surface area (Å²) in [4.78, 5) is 7.29. The zero-order chi connectivity index (χ0) is 14.5. The van der Waals surface area contributed by atoms with Crippen molar-refractivity contribution in [1.29, 1.82) is 0 Å². The van der Waals surface area contributed by atoms with E-state index in [0.717, 1.165) is 32.4 Å². The Hall–Kier alpha value is -0.520. The summed E-state index contributed by atoms with van der Waals surface area (Å²) in [6.45, 7) is 8.26. The van der Waals surface area contributed by atoms with Crippen LogP contribution in [0.3, 0.4) is 0 Å². The first kappa shape index (κ1) is 15.9. The maximum atomic E-state index is 11.2. The van der Waals surface area contributed by atoms with Gasteiger partial charge in [-0.2, -0.15) is 0 Å². The molecule has 0 radical (unpaired) electrons. The highest BCUT2D eigenvalue weighted by Gasteiger charge is 2.28. The van der Waals surface area contributed by atoms with E-state index in [9.17, 15) is 8.76 Å². The predicted octanol–water partition coefficient (Wildman–Crippen LogP) is 2.84. The molecule has 1 saturated heterocycles. The lowest BCUT2D eigenvalue weighted by molar-refractivity contribution is 0.195. The zero-order valence-corrected chi connectivity index (χ0v) is 13.1. The van der Waals surface area contributed by atoms with Gasteiger partial charge in [0.1, 0.15) is 6.17 Å². The summed E-state index contributed by atoms with van der Waals surface area (Å²) in [6.07, 6.45) is 8.22. The van der Waals surface area contributed by atoms with E-state index in [1.807, 2.05) is 6.08 Å². The van der Waals surface area contributed by atoms with Gasteiger partial charge < -0.3 is 4.55 Å². The molecule has 0 spiro atoms. The average molecular weight is 298 g/mol. The molecule has 1 aliphatic heterocycles. The van der Waals surface area contributed by atoms with Crippen molar-refractivity contribution in [3.05, 3.63) is 12.7 Å². The molecule has 2 rings (SSSR count). The van der Waals surface area contributed by atoms with E-state index in [-0.39, 0.29) is 11.4 Å². The third kappa shape index (κ3) is 3.99. The van der Waals surface area contributed by atoms with Crippen LogP contribution in [-0.2, 0) is 11.1 Å². The largest absolute Gasteiger partial charge is 0.306 e. The summed E-state index contributed by atoms with van der Waals surface area (Å²) in [5, 5.41) is -0.0823. The molecule has 4 unspecified atom stereocenters. The molecule has 0 aromatic carbocycles. The third-order valence-corrected chi connectivity index (χ3v) is 5.47. The first-order valence-corrected chi connectivity index (χ1v) is 8.81. The van der Waals surface area contributed by atoms with Crippen molar-refractivity contribution in [2.24, 2.45) is 10.9 Å². The molecule has 1 aliphatic carbocycles. The number of hydrogen-bond acceptors (Lipinski definition) is 3. The summed E-state index contributed by atoms with van der Waals surface area (Å²) in [7, 11) is 0. The van der Waals surface area contributed by atoms with E-state index in [1.165, 1.54) is 25.0 Å². The monoisotopic (exact) mass is 298 g/mol. The fourth-order valence-electron chi connectivity index (χ4n) is 3.21. The minimum absolute atomic E-state index is 0.0823. The first-order chi connectivity index (χ1) is 9.61. The second-order valence-corrected chi connectivity index (χ2v) is 7.16. The number of piperidine rings is 1. The van der Waals surface area contributed by atoms with Gasteiger partial charge in [-0.3, -0.25) is 9.89 Å². The number of aliphatic imine (C=N–C) groups is 1. The van der Waals surface area contributed by atoms with Gasteiger partial charge in [0.15, 0.2) is 11.1 Å². The fourth-order valence-corrected chi connectivity index (χ4v) is 3.99. The summed E-state index contributed by atoms with van der Waals surface area (Å²) >= 11 is -1.69. The standard InChI is InChI=1S/C15H26N2O2S/c1-3-15(17-9-5-4-6-10-17)16-14-8-7-13(20(18)19)11-12(14)2/h3,12-13,15H,1,4-11H2,2H3,(H,18,19). The van der Waals surface area contributed by atoms with Crippen LogP contribution in [0.4, 0.5) is 0 Å². The maximum absolute atomic E-state index is 11.2. The van der Waals surface area contributed by atoms with Crippen molar-refractivity contribution in [3.63, 3.8) is 0 Å². The van der Waals surface area contributed by atoms with Crippen LogP contribution in [0.15, 0.2) is 17.6 Å². The van der Waals surface area contributed by atoms with Crippen LogP contribution in [0, 0.1) is 5.92 Å². The summed E-state index contributed by atoms with van der Waals surface area (Å²) in [5.41, 5.74) is 1.20. The van der Waals surface area contributed by atoms with Crippen molar-refractivity contribution >= 4 is 16.8 Å². The van der Waals surface area contributed by atoms with Gasteiger partial charge in [-0.05, 0) is 38.0 Å². The van der Waals surface area contributed by atoms with E-state index >= 15 is 0 Å². The van der Waals surface area contributed by atoms with Gasteiger partial charge in [0, 0.05) is 18.8 Å². The van der Waals surface area contributed by atoms with E-state index < -0.39 is 11.1 Å². The van der Waals surface area contributed by atoms with Crippen LogP contribution in [0.1, 0.15) is 45.4 Å². The van der Waals surface area contributed by atoms with Gasteiger partial charge in [0.25, 0.3) is 0 Å². The van der Waals surface area contributed by atoms with Crippen LogP contribution in [0.25, 0.3) is 0 Å². The predicted molar refractivity (Wildman–Crippen MR) is 84.4 cm³/mol. The Kier molecular flexibility index (Phi) is 5.93. The van der Waals surface area contributed by atoms with Gasteiger partial charge in [-0.1, -0.05) is 26.0 Å². The Morgan fingerprint density at radius 2 is 2.15 bits per heavy atom. The molecule has 2 aliphatic rings. The number of likely N-dealkylation sites (tertiary alicyclic amines) is 1. The lowest BCUT2D eigenvalue weighted by Crippen LogP contribution is -2.38. The van der Waals surface area contributed by atoms with E-state index in [2.05, 4.69) is 18.4 Å². The normalized spacial score (nSPS) is 33.8. The molecule has 114 valence electrons. The van der Waals surface area contributed by atoms with Gasteiger partial charge in [0.05, 0.1) is 5.25 Å². The van der Waals surface area contributed by atoms with Gasteiger partial charge >= 0.3 is 0 Å². The van der Waals surface area contributed by atoms with Crippen molar-refractivity contribution in [2.45, 2.75) is 56.9 Å². The molecule has 0 bridgehead atoms. The van der Waals surface area contributed by atoms with Crippen LogP contribution in [0.5, 0.6) is 0 Å². The molecular weight excluding hydrogens is 272 g/mol. The van der Waals surface area contributed by atoms with E-state index in [0.29, 0.717) is 5.92 Å². The molecule has 20 heavy (non-hydrogen) atoms.